The minimum Gasteiger partial charge on any atom is -0.374 e. The molecule has 0 heterocycles. The average molecular weight is 153 g/mol. The summed E-state index contributed by atoms with van der Waals surface area (Å²) in [5.74, 6) is 0. The maximum absolute atomic E-state index is 9.84. The fraction of sp³-hybridized carbons (Fsp3) is 0.333. The first-order valence-corrected chi connectivity index (χ1v) is 3.45. The minimum atomic E-state index is -4.31. The summed E-state index contributed by atoms with van der Waals surface area (Å²) in [5, 5.41) is 8.43. The zero-order valence-corrected chi connectivity index (χ0v) is 5.30. The van der Waals surface area contributed by atoms with Crippen LogP contribution in [0.1, 0.15) is 0 Å². The van der Waals surface area contributed by atoms with E-state index < -0.39 is 16.5 Å². The first-order chi connectivity index (χ1) is 3.95. The predicted molar refractivity (Wildman–Crippen MR) is 30.9 cm³/mol. The summed E-state index contributed by atoms with van der Waals surface area (Å²) < 4.78 is 29.1. The van der Waals surface area contributed by atoms with Gasteiger partial charge in [-0.3, -0.25) is 4.55 Å². The van der Waals surface area contributed by atoms with Crippen molar-refractivity contribution in [1.82, 2.24) is 4.72 Å². The summed E-state index contributed by atoms with van der Waals surface area (Å²) >= 11 is 0. The normalized spacial score (nSPS) is 14.9. The monoisotopic (exact) mass is 153 g/mol. The van der Waals surface area contributed by atoms with E-state index in [9.17, 15) is 8.42 Å². The molecule has 0 aliphatic rings. The fourth-order valence-electron chi connectivity index (χ4n) is 0.201. The highest BCUT2D eigenvalue weighted by Gasteiger charge is 2.06. The molecule has 1 unspecified atom stereocenters. The summed E-state index contributed by atoms with van der Waals surface area (Å²) in [4.78, 5) is 0. The quantitative estimate of drug-likeness (QED) is 0.272. The number of hydrogen-bond acceptors (Lipinski definition) is 3. The third-order valence-corrected chi connectivity index (χ3v) is 1.03. The van der Waals surface area contributed by atoms with Crippen LogP contribution in [0.4, 0.5) is 0 Å². The number of aliphatic hydroxyl groups is 1. The van der Waals surface area contributed by atoms with E-state index >= 15 is 0 Å². The van der Waals surface area contributed by atoms with Crippen molar-refractivity contribution >= 4 is 10.3 Å². The van der Waals surface area contributed by atoms with Crippen molar-refractivity contribution in [2.45, 2.75) is 6.23 Å². The molecule has 54 valence electrons. The highest BCUT2D eigenvalue weighted by Crippen LogP contribution is 1.79. The molecule has 9 heavy (non-hydrogen) atoms. The molecule has 0 aliphatic carbocycles. The summed E-state index contributed by atoms with van der Waals surface area (Å²) in [5.41, 5.74) is 0. The molecule has 0 aromatic heterocycles. The number of aliphatic hydroxyl groups excluding tert-OH is 1. The Morgan fingerprint density at radius 3 is 2.22 bits per heavy atom. The van der Waals surface area contributed by atoms with E-state index in [-0.39, 0.29) is 0 Å². The summed E-state index contributed by atoms with van der Waals surface area (Å²) in [6.07, 6.45) is -0.506. The summed E-state index contributed by atoms with van der Waals surface area (Å²) in [6, 6.07) is 0. The first kappa shape index (κ1) is 8.57. The van der Waals surface area contributed by atoms with E-state index in [0.29, 0.717) is 0 Å². The molecule has 3 N–H and O–H groups in total. The van der Waals surface area contributed by atoms with E-state index in [0.717, 1.165) is 6.08 Å². The van der Waals surface area contributed by atoms with Gasteiger partial charge in [0, 0.05) is 0 Å². The summed E-state index contributed by atoms with van der Waals surface area (Å²) in [6.45, 7) is 3.06. The van der Waals surface area contributed by atoms with Gasteiger partial charge in [-0.05, 0) is 6.08 Å². The van der Waals surface area contributed by atoms with Crippen LogP contribution in [0.3, 0.4) is 0 Å². The van der Waals surface area contributed by atoms with Crippen LogP contribution in [0, 0.1) is 0 Å². The van der Waals surface area contributed by atoms with Crippen LogP contribution in [0.5, 0.6) is 0 Å². The van der Waals surface area contributed by atoms with E-state index in [1.54, 1.807) is 0 Å². The molecule has 0 saturated carbocycles. The lowest BCUT2D eigenvalue weighted by molar-refractivity contribution is 0.208. The highest BCUT2D eigenvalue weighted by molar-refractivity contribution is 7.83. The van der Waals surface area contributed by atoms with Gasteiger partial charge in [-0.15, -0.1) is 0 Å². The van der Waals surface area contributed by atoms with Gasteiger partial charge >= 0.3 is 10.3 Å². The van der Waals surface area contributed by atoms with Crippen LogP contribution in [0.25, 0.3) is 0 Å². The maximum atomic E-state index is 9.84. The lowest BCUT2D eigenvalue weighted by atomic mass is 10.6. The molecule has 5 nitrogen and oxygen atoms in total. The molecule has 0 aliphatic heterocycles. The van der Waals surface area contributed by atoms with E-state index in [4.69, 9.17) is 9.66 Å². The first-order valence-electron chi connectivity index (χ1n) is 2.01. The smallest absolute Gasteiger partial charge is 0.335 e. The molecule has 0 aromatic rings. The second kappa shape index (κ2) is 2.92. The third kappa shape index (κ3) is 5.44. The molecule has 0 amide bonds. The lowest BCUT2D eigenvalue weighted by Crippen LogP contribution is -2.32. The Balaban J connectivity index is 3.89. The summed E-state index contributed by atoms with van der Waals surface area (Å²) in [7, 11) is -4.31. The maximum Gasteiger partial charge on any atom is 0.335 e. The Kier molecular flexibility index (Phi) is 2.78. The van der Waals surface area contributed by atoms with Gasteiger partial charge in [0.1, 0.15) is 6.23 Å². The van der Waals surface area contributed by atoms with E-state index in [1.165, 1.54) is 4.72 Å². The Bertz CT molecular complexity index is 184. The highest BCUT2D eigenvalue weighted by atomic mass is 32.2. The van der Waals surface area contributed by atoms with Crippen molar-refractivity contribution in [3.8, 4) is 0 Å². The molecule has 0 fully saturated rings. The van der Waals surface area contributed by atoms with Crippen LogP contribution in [0.15, 0.2) is 12.7 Å². The van der Waals surface area contributed by atoms with Crippen molar-refractivity contribution in [2.24, 2.45) is 0 Å². The van der Waals surface area contributed by atoms with Crippen molar-refractivity contribution in [3.63, 3.8) is 0 Å². The van der Waals surface area contributed by atoms with Gasteiger partial charge in [0.05, 0.1) is 0 Å². The number of hydrogen-bond donors (Lipinski definition) is 3. The lowest BCUT2D eigenvalue weighted by Gasteiger charge is -2.01. The molecule has 0 radical (unpaired) electrons. The molecule has 0 bridgehead atoms. The minimum absolute atomic E-state index is 0.924. The zero-order valence-electron chi connectivity index (χ0n) is 4.48. The van der Waals surface area contributed by atoms with Crippen LogP contribution in [-0.4, -0.2) is 24.3 Å². The van der Waals surface area contributed by atoms with Crippen molar-refractivity contribution in [1.29, 1.82) is 0 Å². The second-order valence-electron chi connectivity index (χ2n) is 1.27. The molecule has 0 spiro atoms. The SMILES string of the molecule is C=CC(O)NS(=O)(=O)O. The van der Waals surface area contributed by atoms with E-state index in [2.05, 4.69) is 6.58 Å². The topological polar surface area (TPSA) is 86.6 Å². The van der Waals surface area contributed by atoms with Gasteiger partial charge in [-0.25, -0.2) is 0 Å². The van der Waals surface area contributed by atoms with Crippen LogP contribution in [0.2, 0.25) is 0 Å². The van der Waals surface area contributed by atoms with Gasteiger partial charge in [-0.2, -0.15) is 13.1 Å². The molecule has 0 saturated heterocycles. The largest absolute Gasteiger partial charge is 0.374 e. The Morgan fingerprint density at radius 2 is 2.11 bits per heavy atom. The Hall–Kier alpha value is -0.430. The van der Waals surface area contributed by atoms with Crippen LogP contribution >= 0.6 is 0 Å². The Labute approximate surface area is 52.9 Å². The standard InChI is InChI=1S/C3H7NO4S/c1-2-3(5)4-9(6,7)8/h2-5H,1H2,(H,6,7,8). The number of nitrogens with one attached hydrogen (secondary N) is 1. The van der Waals surface area contributed by atoms with Crippen molar-refractivity contribution in [3.05, 3.63) is 12.7 Å². The van der Waals surface area contributed by atoms with Crippen LogP contribution in [-0.2, 0) is 10.3 Å². The molecule has 0 aromatic carbocycles. The Morgan fingerprint density at radius 1 is 1.67 bits per heavy atom. The second-order valence-corrected chi connectivity index (χ2v) is 2.46. The van der Waals surface area contributed by atoms with Gasteiger partial charge < -0.3 is 5.11 Å². The van der Waals surface area contributed by atoms with Gasteiger partial charge in [0.15, 0.2) is 0 Å². The molecule has 0 rings (SSSR count). The van der Waals surface area contributed by atoms with Crippen LogP contribution < -0.4 is 4.72 Å². The van der Waals surface area contributed by atoms with Crippen molar-refractivity contribution < 1.29 is 18.1 Å². The third-order valence-electron chi connectivity index (χ3n) is 0.493. The molecule has 6 heteroatoms. The van der Waals surface area contributed by atoms with Gasteiger partial charge in [-0.1, -0.05) is 6.58 Å². The van der Waals surface area contributed by atoms with Crippen molar-refractivity contribution in [2.75, 3.05) is 0 Å². The fourth-order valence-corrected chi connectivity index (χ4v) is 0.602. The molecular weight excluding hydrogens is 146 g/mol. The molecular formula is C3H7NO4S. The molecule has 1 atom stereocenters. The average Bonchev–Trinajstić information content (AvgIpc) is 1.62. The van der Waals surface area contributed by atoms with Gasteiger partial charge in [0.25, 0.3) is 0 Å². The van der Waals surface area contributed by atoms with E-state index in [1.807, 2.05) is 0 Å². The van der Waals surface area contributed by atoms with Gasteiger partial charge in [0.2, 0.25) is 0 Å². The zero-order chi connectivity index (χ0) is 7.49. The number of rotatable bonds is 3. The predicted octanol–water partition coefficient (Wildman–Crippen LogP) is -1.12.